The van der Waals surface area contributed by atoms with Crippen LogP contribution in [0.2, 0.25) is 0 Å². The van der Waals surface area contributed by atoms with Crippen molar-refractivity contribution in [2.24, 2.45) is 0 Å². The zero-order valence-corrected chi connectivity index (χ0v) is 26.3. The maximum Gasteiger partial charge on any atom is 0.263 e. The molecule has 0 fully saturated rings. The summed E-state index contributed by atoms with van der Waals surface area (Å²) >= 11 is 0. The summed E-state index contributed by atoms with van der Waals surface area (Å²) in [5, 5.41) is 0. The molecular formula is C38H44N2O4. The van der Waals surface area contributed by atoms with Gasteiger partial charge in [-0.05, 0) is 73.2 Å². The minimum atomic E-state index is -0.696. The highest BCUT2D eigenvalue weighted by Gasteiger charge is 2.27. The second-order valence-electron chi connectivity index (χ2n) is 11.0. The lowest BCUT2D eigenvalue weighted by molar-refractivity contribution is -0.142. The van der Waals surface area contributed by atoms with Crippen LogP contribution in [0.3, 0.4) is 0 Å². The molecule has 0 saturated heterocycles. The van der Waals surface area contributed by atoms with Crippen molar-refractivity contribution in [2.45, 2.75) is 65.8 Å². The van der Waals surface area contributed by atoms with Gasteiger partial charge < -0.3 is 19.3 Å². The van der Waals surface area contributed by atoms with Crippen molar-refractivity contribution in [2.75, 3.05) is 13.1 Å². The van der Waals surface area contributed by atoms with Crippen molar-refractivity contribution in [3.8, 4) is 11.5 Å². The molecule has 0 saturated carbocycles. The summed E-state index contributed by atoms with van der Waals surface area (Å²) in [6, 6.07) is 35.5. The first-order chi connectivity index (χ1) is 21.4. The van der Waals surface area contributed by atoms with E-state index in [4.69, 9.17) is 9.47 Å². The van der Waals surface area contributed by atoms with Crippen LogP contribution in [0.15, 0.2) is 109 Å². The van der Waals surface area contributed by atoms with Crippen LogP contribution in [-0.4, -0.2) is 46.9 Å². The van der Waals surface area contributed by atoms with E-state index in [0.717, 1.165) is 24.0 Å². The van der Waals surface area contributed by atoms with Gasteiger partial charge in [-0.25, -0.2) is 0 Å². The summed E-state index contributed by atoms with van der Waals surface area (Å²) in [4.78, 5) is 31.2. The molecule has 4 rings (SSSR count). The molecule has 0 aliphatic carbocycles. The van der Waals surface area contributed by atoms with Crippen LogP contribution >= 0.6 is 0 Å². The van der Waals surface area contributed by atoms with E-state index >= 15 is 0 Å². The van der Waals surface area contributed by atoms with E-state index in [2.05, 4.69) is 13.8 Å². The Labute approximate surface area is 262 Å². The average Bonchev–Trinajstić information content (AvgIpc) is 3.06. The first-order valence-electron chi connectivity index (χ1n) is 15.5. The normalized spacial score (nSPS) is 12.2. The van der Waals surface area contributed by atoms with Crippen LogP contribution in [0.1, 0.15) is 49.9 Å². The molecule has 2 atom stereocenters. The van der Waals surface area contributed by atoms with Crippen LogP contribution in [0.5, 0.6) is 11.5 Å². The molecule has 44 heavy (non-hydrogen) atoms. The summed E-state index contributed by atoms with van der Waals surface area (Å²) < 4.78 is 12.1. The number of ether oxygens (including phenoxy) is 2. The molecule has 0 aromatic heterocycles. The third-order valence-corrected chi connectivity index (χ3v) is 7.68. The van der Waals surface area contributed by atoms with Gasteiger partial charge in [0.15, 0.2) is 12.2 Å². The third kappa shape index (κ3) is 9.46. The Balaban J connectivity index is 1.51. The highest BCUT2D eigenvalue weighted by atomic mass is 16.5. The van der Waals surface area contributed by atoms with Crippen molar-refractivity contribution in [1.82, 2.24) is 9.80 Å². The van der Waals surface area contributed by atoms with Gasteiger partial charge in [-0.1, -0.05) is 98.8 Å². The Bertz CT molecular complexity index is 1330. The number of carbonyl (C=O) groups excluding carboxylic acids is 2. The molecule has 6 heteroatoms. The van der Waals surface area contributed by atoms with Gasteiger partial charge in [0.1, 0.15) is 11.5 Å². The Morgan fingerprint density at radius 1 is 0.523 bits per heavy atom. The van der Waals surface area contributed by atoms with Crippen LogP contribution < -0.4 is 9.47 Å². The van der Waals surface area contributed by atoms with Crippen molar-refractivity contribution >= 4 is 11.8 Å². The molecule has 230 valence electrons. The second kappa shape index (κ2) is 16.3. The van der Waals surface area contributed by atoms with E-state index < -0.39 is 12.2 Å². The van der Waals surface area contributed by atoms with E-state index in [1.165, 1.54) is 11.1 Å². The molecule has 0 aliphatic heterocycles. The number of amides is 2. The molecule has 0 aliphatic rings. The van der Waals surface area contributed by atoms with E-state index in [9.17, 15) is 9.59 Å². The van der Waals surface area contributed by atoms with E-state index in [0.29, 0.717) is 37.7 Å². The van der Waals surface area contributed by atoms with Crippen molar-refractivity contribution in [1.29, 1.82) is 0 Å². The maximum atomic E-state index is 13.8. The summed E-state index contributed by atoms with van der Waals surface area (Å²) in [7, 11) is 0. The molecule has 0 radical (unpaired) electrons. The van der Waals surface area contributed by atoms with E-state index in [-0.39, 0.29) is 11.8 Å². The Morgan fingerprint density at radius 3 is 1.18 bits per heavy atom. The molecule has 2 amide bonds. The fourth-order valence-electron chi connectivity index (χ4n) is 5.01. The van der Waals surface area contributed by atoms with Crippen LogP contribution in [-0.2, 0) is 35.5 Å². The number of rotatable bonds is 15. The largest absolute Gasteiger partial charge is 0.481 e. The molecule has 2 unspecified atom stereocenters. The molecule has 0 N–H and O–H groups in total. The molecule has 6 nitrogen and oxygen atoms in total. The summed E-state index contributed by atoms with van der Waals surface area (Å²) in [6.45, 7) is 9.26. The molecule has 0 heterocycles. The van der Waals surface area contributed by atoms with E-state index in [1.54, 1.807) is 23.6 Å². The van der Waals surface area contributed by atoms with Gasteiger partial charge in [0.2, 0.25) is 0 Å². The van der Waals surface area contributed by atoms with Gasteiger partial charge >= 0.3 is 0 Å². The fourth-order valence-corrected chi connectivity index (χ4v) is 5.01. The number of aryl methyl sites for hydroxylation is 2. The monoisotopic (exact) mass is 592 g/mol. The Morgan fingerprint density at radius 2 is 0.864 bits per heavy atom. The van der Waals surface area contributed by atoms with Crippen LogP contribution in [0.4, 0.5) is 0 Å². The van der Waals surface area contributed by atoms with Gasteiger partial charge in [0, 0.05) is 26.2 Å². The molecule has 0 spiro atoms. The lowest BCUT2D eigenvalue weighted by Crippen LogP contribution is -2.47. The first kappa shape index (κ1) is 32.3. The minimum absolute atomic E-state index is 0.138. The summed E-state index contributed by atoms with van der Waals surface area (Å²) in [6.07, 6.45) is 0.481. The molecular weight excluding hydrogens is 548 g/mol. The molecule has 4 aromatic rings. The Kier molecular flexibility index (Phi) is 12.0. The first-order valence-corrected chi connectivity index (χ1v) is 15.5. The highest BCUT2D eigenvalue weighted by molar-refractivity contribution is 5.82. The number of hydrogen-bond acceptors (Lipinski definition) is 4. The van der Waals surface area contributed by atoms with Gasteiger partial charge in [-0.2, -0.15) is 0 Å². The fraction of sp³-hybridized carbons (Fsp3) is 0.316. The molecule has 0 bridgehead atoms. The summed E-state index contributed by atoms with van der Waals surface area (Å²) in [5.74, 6) is 1.03. The van der Waals surface area contributed by atoms with E-state index in [1.807, 2.05) is 109 Å². The Hall–Kier alpha value is -4.58. The van der Waals surface area contributed by atoms with Crippen molar-refractivity contribution < 1.29 is 19.1 Å². The van der Waals surface area contributed by atoms with Crippen molar-refractivity contribution in [3.05, 3.63) is 131 Å². The van der Waals surface area contributed by atoms with Crippen LogP contribution in [0, 0.1) is 0 Å². The summed E-state index contributed by atoms with van der Waals surface area (Å²) in [5.41, 5.74) is 4.44. The number of carbonyl (C=O) groups is 2. The second-order valence-corrected chi connectivity index (χ2v) is 11.0. The number of benzene rings is 4. The third-order valence-electron chi connectivity index (χ3n) is 7.68. The van der Waals surface area contributed by atoms with Gasteiger partial charge in [0.05, 0.1) is 0 Å². The molecule has 4 aromatic carbocycles. The zero-order valence-electron chi connectivity index (χ0n) is 26.3. The minimum Gasteiger partial charge on any atom is -0.481 e. The SMILES string of the molecule is CCc1ccc(OC(C)C(=O)N(CCN(Cc2ccccc2)C(=O)C(C)Oc2ccc(CC)cc2)Cc2ccccc2)cc1. The lowest BCUT2D eigenvalue weighted by Gasteiger charge is -2.31. The smallest absolute Gasteiger partial charge is 0.263 e. The maximum absolute atomic E-state index is 13.8. The van der Waals surface area contributed by atoms with Gasteiger partial charge in [-0.3, -0.25) is 9.59 Å². The van der Waals surface area contributed by atoms with Crippen LogP contribution in [0.25, 0.3) is 0 Å². The quantitative estimate of drug-likeness (QED) is 0.148. The average molecular weight is 593 g/mol. The van der Waals surface area contributed by atoms with Gasteiger partial charge in [0.25, 0.3) is 11.8 Å². The predicted molar refractivity (Wildman–Crippen MR) is 176 cm³/mol. The zero-order chi connectivity index (χ0) is 31.3. The number of nitrogens with zero attached hydrogens (tertiary/aromatic N) is 2. The topological polar surface area (TPSA) is 59.1 Å². The standard InChI is InChI=1S/C38H44N2O4/c1-5-31-17-21-35(22-18-31)43-29(3)37(41)39(27-33-13-9-7-10-14-33)25-26-40(28-34-15-11-8-12-16-34)38(42)30(4)44-36-23-19-32(6-2)20-24-36/h7-24,29-30H,5-6,25-28H2,1-4H3. The number of hydrogen-bond donors (Lipinski definition) is 0. The predicted octanol–water partition coefficient (Wildman–Crippen LogP) is 7.10. The van der Waals surface area contributed by atoms with Crippen molar-refractivity contribution in [3.63, 3.8) is 0 Å². The van der Waals surface area contributed by atoms with Gasteiger partial charge in [-0.15, -0.1) is 0 Å². The lowest BCUT2D eigenvalue weighted by atomic mass is 10.1. The highest BCUT2D eigenvalue weighted by Crippen LogP contribution is 2.18.